The lowest BCUT2D eigenvalue weighted by Crippen LogP contribution is -2.30. The van der Waals surface area contributed by atoms with Crippen LogP contribution in [-0.2, 0) is 4.79 Å². The van der Waals surface area contributed by atoms with Crippen molar-refractivity contribution in [1.29, 1.82) is 0 Å². The standard InChI is InChI=1S/C13H17NO2/c1-11(12-7-6-10-16-12)14-9-5-3-2-4-8-13(14)15/h6-7,10H,1-5,8-9H2. The highest BCUT2D eigenvalue weighted by Crippen LogP contribution is 2.22. The second kappa shape index (κ2) is 5.01. The summed E-state index contributed by atoms with van der Waals surface area (Å²) in [6.45, 7) is 4.72. The van der Waals surface area contributed by atoms with Gasteiger partial charge in [-0.25, -0.2) is 0 Å². The van der Waals surface area contributed by atoms with E-state index in [2.05, 4.69) is 6.58 Å². The lowest BCUT2D eigenvalue weighted by Gasteiger charge is -2.25. The van der Waals surface area contributed by atoms with E-state index in [9.17, 15) is 4.79 Å². The van der Waals surface area contributed by atoms with E-state index in [1.807, 2.05) is 12.1 Å². The van der Waals surface area contributed by atoms with Crippen LogP contribution >= 0.6 is 0 Å². The van der Waals surface area contributed by atoms with E-state index in [0.29, 0.717) is 17.9 Å². The molecule has 0 spiro atoms. The summed E-state index contributed by atoms with van der Waals surface area (Å²) in [4.78, 5) is 13.7. The van der Waals surface area contributed by atoms with Crippen LogP contribution in [0.2, 0.25) is 0 Å². The number of hydrogen-bond donors (Lipinski definition) is 0. The van der Waals surface area contributed by atoms with Gasteiger partial charge in [0.25, 0.3) is 0 Å². The summed E-state index contributed by atoms with van der Waals surface area (Å²) in [6.07, 6.45) is 6.61. The zero-order chi connectivity index (χ0) is 11.4. The summed E-state index contributed by atoms with van der Waals surface area (Å²) in [5.41, 5.74) is 0.692. The molecule has 2 heterocycles. The molecule has 1 aromatic heterocycles. The molecule has 0 aromatic carbocycles. The number of carbonyl (C=O) groups is 1. The fourth-order valence-electron chi connectivity index (χ4n) is 2.02. The first-order valence-electron chi connectivity index (χ1n) is 5.82. The third kappa shape index (κ3) is 2.35. The minimum atomic E-state index is 0.168. The van der Waals surface area contributed by atoms with Gasteiger partial charge < -0.3 is 9.32 Å². The third-order valence-electron chi connectivity index (χ3n) is 2.95. The Bertz CT molecular complexity index is 367. The summed E-state index contributed by atoms with van der Waals surface area (Å²) in [6, 6.07) is 3.66. The first kappa shape index (κ1) is 11.0. The number of carbonyl (C=O) groups excluding carboxylic acids is 1. The Morgan fingerprint density at radius 1 is 1.31 bits per heavy atom. The first-order valence-corrected chi connectivity index (χ1v) is 5.82. The molecule has 3 nitrogen and oxygen atoms in total. The van der Waals surface area contributed by atoms with Crippen LogP contribution in [0.4, 0.5) is 0 Å². The smallest absolute Gasteiger partial charge is 0.227 e. The maximum Gasteiger partial charge on any atom is 0.227 e. The monoisotopic (exact) mass is 219 g/mol. The van der Waals surface area contributed by atoms with Crippen LogP contribution in [-0.4, -0.2) is 17.4 Å². The topological polar surface area (TPSA) is 33.5 Å². The second-order valence-electron chi connectivity index (χ2n) is 4.13. The van der Waals surface area contributed by atoms with Crippen molar-refractivity contribution >= 4 is 11.6 Å². The second-order valence-corrected chi connectivity index (χ2v) is 4.13. The molecule has 3 heteroatoms. The Balaban J connectivity index is 2.10. The van der Waals surface area contributed by atoms with Gasteiger partial charge >= 0.3 is 0 Å². The highest BCUT2D eigenvalue weighted by atomic mass is 16.3. The van der Waals surface area contributed by atoms with Gasteiger partial charge in [-0.1, -0.05) is 19.4 Å². The molecule has 86 valence electrons. The average molecular weight is 219 g/mol. The number of nitrogens with zero attached hydrogens (tertiary/aromatic N) is 1. The predicted octanol–water partition coefficient (Wildman–Crippen LogP) is 3.04. The summed E-state index contributed by atoms with van der Waals surface area (Å²) in [5, 5.41) is 0. The third-order valence-corrected chi connectivity index (χ3v) is 2.95. The lowest BCUT2D eigenvalue weighted by molar-refractivity contribution is -0.128. The zero-order valence-electron chi connectivity index (χ0n) is 9.45. The molecule has 1 saturated heterocycles. The van der Waals surface area contributed by atoms with E-state index in [4.69, 9.17) is 4.42 Å². The molecule has 1 fully saturated rings. The first-order chi connectivity index (χ1) is 7.79. The summed E-state index contributed by atoms with van der Waals surface area (Å²) in [5.74, 6) is 0.857. The highest BCUT2D eigenvalue weighted by Gasteiger charge is 2.20. The van der Waals surface area contributed by atoms with Crippen molar-refractivity contribution in [3.05, 3.63) is 30.7 Å². The van der Waals surface area contributed by atoms with Crippen LogP contribution in [0.1, 0.15) is 37.9 Å². The van der Waals surface area contributed by atoms with E-state index in [0.717, 1.165) is 25.8 Å². The molecular formula is C13H17NO2. The van der Waals surface area contributed by atoms with Gasteiger partial charge in [-0.3, -0.25) is 4.79 Å². The Hall–Kier alpha value is -1.51. The maximum absolute atomic E-state index is 11.9. The molecule has 0 aliphatic carbocycles. The molecule has 0 N–H and O–H groups in total. The number of hydrogen-bond acceptors (Lipinski definition) is 2. The molecule has 1 aliphatic rings. The highest BCUT2D eigenvalue weighted by molar-refractivity contribution is 5.85. The minimum Gasteiger partial charge on any atom is -0.463 e. The quantitative estimate of drug-likeness (QED) is 0.766. The Morgan fingerprint density at radius 3 is 2.88 bits per heavy atom. The van der Waals surface area contributed by atoms with Gasteiger partial charge in [-0.05, 0) is 25.0 Å². The molecule has 1 aliphatic heterocycles. The van der Waals surface area contributed by atoms with Gasteiger partial charge in [0.1, 0.15) is 5.76 Å². The molecule has 16 heavy (non-hydrogen) atoms. The van der Waals surface area contributed by atoms with Crippen molar-refractivity contribution in [2.45, 2.75) is 32.1 Å². The molecule has 0 unspecified atom stereocenters. The Morgan fingerprint density at radius 2 is 2.12 bits per heavy atom. The SMILES string of the molecule is C=C(c1ccco1)N1CCCCCCC1=O. The fraction of sp³-hybridized carbons (Fsp3) is 0.462. The Labute approximate surface area is 95.7 Å². The molecule has 0 atom stereocenters. The van der Waals surface area contributed by atoms with Gasteiger partial charge in [0.2, 0.25) is 5.91 Å². The van der Waals surface area contributed by atoms with Gasteiger partial charge in [0.15, 0.2) is 0 Å². The zero-order valence-corrected chi connectivity index (χ0v) is 9.45. The van der Waals surface area contributed by atoms with Gasteiger partial charge in [0.05, 0.1) is 12.0 Å². The summed E-state index contributed by atoms with van der Waals surface area (Å²) in [7, 11) is 0. The van der Waals surface area contributed by atoms with Crippen LogP contribution in [0, 0.1) is 0 Å². The minimum absolute atomic E-state index is 0.168. The van der Waals surface area contributed by atoms with E-state index < -0.39 is 0 Å². The van der Waals surface area contributed by atoms with E-state index in [1.54, 1.807) is 11.2 Å². The van der Waals surface area contributed by atoms with E-state index >= 15 is 0 Å². The summed E-state index contributed by atoms with van der Waals surface area (Å²) >= 11 is 0. The molecule has 2 rings (SSSR count). The van der Waals surface area contributed by atoms with Crippen LogP contribution in [0.15, 0.2) is 29.4 Å². The number of furan rings is 1. The van der Waals surface area contributed by atoms with Crippen molar-refractivity contribution in [2.24, 2.45) is 0 Å². The normalized spacial score (nSPS) is 18.0. The van der Waals surface area contributed by atoms with Crippen molar-refractivity contribution in [2.75, 3.05) is 6.54 Å². The number of amides is 1. The van der Waals surface area contributed by atoms with Gasteiger partial charge in [0, 0.05) is 13.0 Å². The van der Waals surface area contributed by atoms with E-state index in [1.165, 1.54) is 6.42 Å². The van der Waals surface area contributed by atoms with Crippen LogP contribution < -0.4 is 0 Å². The van der Waals surface area contributed by atoms with Crippen molar-refractivity contribution in [1.82, 2.24) is 4.90 Å². The van der Waals surface area contributed by atoms with Crippen molar-refractivity contribution < 1.29 is 9.21 Å². The largest absolute Gasteiger partial charge is 0.463 e. The van der Waals surface area contributed by atoms with Gasteiger partial charge in [-0.2, -0.15) is 0 Å². The number of likely N-dealkylation sites (tertiary alicyclic amines) is 1. The van der Waals surface area contributed by atoms with Gasteiger partial charge in [-0.15, -0.1) is 0 Å². The fourth-order valence-corrected chi connectivity index (χ4v) is 2.02. The molecule has 0 saturated carbocycles. The van der Waals surface area contributed by atoms with Crippen LogP contribution in [0.25, 0.3) is 5.70 Å². The molecule has 0 radical (unpaired) electrons. The number of rotatable bonds is 2. The predicted molar refractivity (Wildman–Crippen MR) is 62.5 cm³/mol. The lowest BCUT2D eigenvalue weighted by atomic mass is 10.1. The maximum atomic E-state index is 11.9. The van der Waals surface area contributed by atoms with Crippen LogP contribution in [0.3, 0.4) is 0 Å². The van der Waals surface area contributed by atoms with Crippen LogP contribution in [0.5, 0.6) is 0 Å². The Kier molecular flexibility index (Phi) is 3.44. The molecular weight excluding hydrogens is 202 g/mol. The summed E-state index contributed by atoms with van der Waals surface area (Å²) < 4.78 is 5.28. The van der Waals surface area contributed by atoms with E-state index in [-0.39, 0.29) is 5.91 Å². The molecule has 1 aromatic rings. The average Bonchev–Trinajstić information content (AvgIpc) is 2.76. The van der Waals surface area contributed by atoms with Crippen molar-refractivity contribution in [3.8, 4) is 0 Å². The molecule has 0 bridgehead atoms. The van der Waals surface area contributed by atoms with Crippen molar-refractivity contribution in [3.63, 3.8) is 0 Å². The molecule has 1 amide bonds.